The first-order chi connectivity index (χ1) is 7.56. The largest absolute Gasteiger partial charge is 0.408 e. The summed E-state index contributed by atoms with van der Waals surface area (Å²) in [5.74, 6) is -0.133. The highest BCUT2D eigenvalue weighted by Crippen LogP contribution is 2.05. The lowest BCUT2D eigenvalue weighted by Crippen LogP contribution is -2.26. The number of hydrogen-bond donors (Lipinski definition) is 3. The molecular formula is C11H20N4O. The Morgan fingerprint density at radius 2 is 2.06 bits per heavy atom. The summed E-state index contributed by atoms with van der Waals surface area (Å²) in [6.45, 7) is 6.21. The molecule has 0 amide bonds. The van der Waals surface area contributed by atoms with Crippen molar-refractivity contribution in [1.29, 1.82) is 0 Å². The van der Waals surface area contributed by atoms with E-state index in [4.69, 9.17) is 10.9 Å². The van der Waals surface area contributed by atoms with Crippen molar-refractivity contribution in [2.24, 2.45) is 16.0 Å². The molecule has 90 valence electrons. The fourth-order valence-electron chi connectivity index (χ4n) is 0.962. The van der Waals surface area contributed by atoms with Gasteiger partial charge < -0.3 is 10.9 Å². The highest BCUT2D eigenvalue weighted by molar-refractivity contribution is 5.79. The van der Waals surface area contributed by atoms with Gasteiger partial charge in [0.25, 0.3) is 5.96 Å². The molecule has 0 aromatic rings. The molecule has 0 aliphatic carbocycles. The minimum absolute atomic E-state index is 0.133. The van der Waals surface area contributed by atoms with Gasteiger partial charge in [0.1, 0.15) is 0 Å². The van der Waals surface area contributed by atoms with Gasteiger partial charge in [-0.3, -0.25) is 0 Å². The third kappa shape index (κ3) is 8.80. The van der Waals surface area contributed by atoms with Gasteiger partial charge in [-0.25, -0.2) is 5.43 Å². The fraction of sp³-hybridized carbons (Fsp3) is 0.455. The first kappa shape index (κ1) is 14.2. The van der Waals surface area contributed by atoms with Gasteiger partial charge in [0.2, 0.25) is 0 Å². The van der Waals surface area contributed by atoms with E-state index in [-0.39, 0.29) is 5.96 Å². The SMILES string of the molecule is CC(C)=CCC/C(C)=C/C=N/N/C(N)=N/O. The Morgan fingerprint density at radius 3 is 2.62 bits per heavy atom. The van der Waals surface area contributed by atoms with Crippen LogP contribution in [0.5, 0.6) is 0 Å². The van der Waals surface area contributed by atoms with Gasteiger partial charge in [-0.2, -0.15) is 5.10 Å². The van der Waals surface area contributed by atoms with E-state index in [1.807, 2.05) is 13.0 Å². The van der Waals surface area contributed by atoms with Crippen LogP contribution in [-0.4, -0.2) is 17.4 Å². The summed E-state index contributed by atoms with van der Waals surface area (Å²) in [6, 6.07) is 0. The molecule has 0 fully saturated rings. The van der Waals surface area contributed by atoms with E-state index in [0.29, 0.717) is 0 Å². The van der Waals surface area contributed by atoms with E-state index < -0.39 is 0 Å². The van der Waals surface area contributed by atoms with Crippen LogP contribution in [-0.2, 0) is 0 Å². The summed E-state index contributed by atoms with van der Waals surface area (Å²) in [5.41, 5.74) is 10.1. The number of nitrogens with zero attached hydrogens (tertiary/aromatic N) is 2. The Kier molecular flexibility index (Phi) is 7.57. The molecule has 5 heteroatoms. The number of nitrogens with two attached hydrogens (primary N) is 1. The topological polar surface area (TPSA) is 83.0 Å². The number of rotatable bonds is 5. The lowest BCUT2D eigenvalue weighted by molar-refractivity contribution is 0.316. The molecule has 0 aliphatic heterocycles. The number of oxime groups is 1. The van der Waals surface area contributed by atoms with Crippen LogP contribution in [0, 0.1) is 0 Å². The van der Waals surface area contributed by atoms with Crippen molar-refractivity contribution < 1.29 is 5.21 Å². The number of hydrazone groups is 1. The Labute approximate surface area is 96.4 Å². The third-order valence-corrected chi connectivity index (χ3v) is 1.81. The maximum atomic E-state index is 8.22. The Hall–Kier alpha value is -1.78. The molecule has 4 N–H and O–H groups in total. The van der Waals surface area contributed by atoms with Crippen LogP contribution >= 0.6 is 0 Å². The quantitative estimate of drug-likeness (QED) is 0.219. The second kappa shape index (κ2) is 8.52. The third-order valence-electron chi connectivity index (χ3n) is 1.81. The number of allylic oxidation sites excluding steroid dienone is 4. The lowest BCUT2D eigenvalue weighted by Gasteiger charge is -1.97. The van der Waals surface area contributed by atoms with Gasteiger partial charge in [-0.1, -0.05) is 17.2 Å². The molecule has 0 aromatic carbocycles. The van der Waals surface area contributed by atoms with Gasteiger partial charge >= 0.3 is 0 Å². The molecule has 0 heterocycles. The van der Waals surface area contributed by atoms with Crippen LogP contribution in [0.15, 0.2) is 33.6 Å². The highest BCUT2D eigenvalue weighted by Gasteiger charge is 1.87. The molecule has 0 rings (SSSR count). The zero-order valence-corrected chi connectivity index (χ0v) is 10.1. The number of nitrogens with one attached hydrogen (secondary N) is 1. The Bertz CT molecular complexity index is 312. The zero-order valence-electron chi connectivity index (χ0n) is 10.1. The van der Waals surface area contributed by atoms with Crippen LogP contribution in [0.2, 0.25) is 0 Å². The van der Waals surface area contributed by atoms with Crippen molar-refractivity contribution in [3.05, 3.63) is 23.3 Å². The van der Waals surface area contributed by atoms with Crippen molar-refractivity contribution >= 4 is 12.2 Å². The minimum atomic E-state index is -0.133. The van der Waals surface area contributed by atoms with Crippen molar-refractivity contribution in [2.75, 3.05) is 0 Å². The fourth-order valence-corrected chi connectivity index (χ4v) is 0.962. The average molecular weight is 224 g/mol. The monoisotopic (exact) mass is 224 g/mol. The van der Waals surface area contributed by atoms with Crippen LogP contribution < -0.4 is 11.2 Å². The molecule has 0 saturated heterocycles. The molecule has 16 heavy (non-hydrogen) atoms. The van der Waals surface area contributed by atoms with Gasteiger partial charge in [0.05, 0.1) is 0 Å². The summed E-state index contributed by atoms with van der Waals surface area (Å²) in [4.78, 5) is 0. The smallest absolute Gasteiger partial charge is 0.251 e. The molecule has 0 bridgehead atoms. The normalized spacial score (nSPS) is 12.9. The van der Waals surface area contributed by atoms with E-state index in [0.717, 1.165) is 12.8 Å². The second-order valence-corrected chi connectivity index (χ2v) is 3.71. The first-order valence-electron chi connectivity index (χ1n) is 5.12. The van der Waals surface area contributed by atoms with E-state index in [1.165, 1.54) is 11.1 Å². The maximum Gasteiger partial charge on any atom is 0.251 e. The van der Waals surface area contributed by atoms with Crippen LogP contribution in [0.3, 0.4) is 0 Å². The predicted octanol–water partition coefficient (Wildman–Crippen LogP) is 1.96. The van der Waals surface area contributed by atoms with Crippen molar-refractivity contribution in [3.8, 4) is 0 Å². The van der Waals surface area contributed by atoms with Gasteiger partial charge in [-0.15, -0.1) is 0 Å². The molecule has 0 unspecified atom stereocenters. The molecule has 0 aliphatic rings. The maximum absolute atomic E-state index is 8.22. The summed E-state index contributed by atoms with van der Waals surface area (Å²) in [6.07, 6.45) is 7.70. The first-order valence-corrected chi connectivity index (χ1v) is 5.12. The molecule has 0 saturated carbocycles. The Morgan fingerprint density at radius 1 is 1.38 bits per heavy atom. The van der Waals surface area contributed by atoms with Gasteiger partial charge in [-0.05, 0) is 44.8 Å². The summed E-state index contributed by atoms with van der Waals surface area (Å²) in [5, 5.41) is 14.7. The van der Waals surface area contributed by atoms with E-state index in [9.17, 15) is 0 Å². The zero-order chi connectivity index (χ0) is 12.4. The van der Waals surface area contributed by atoms with Gasteiger partial charge in [0.15, 0.2) is 0 Å². The van der Waals surface area contributed by atoms with Crippen molar-refractivity contribution in [3.63, 3.8) is 0 Å². The lowest BCUT2D eigenvalue weighted by atomic mass is 10.1. The molecular weight excluding hydrogens is 204 g/mol. The predicted molar refractivity (Wildman–Crippen MR) is 67.5 cm³/mol. The minimum Gasteiger partial charge on any atom is -0.408 e. The molecule has 0 aromatic heterocycles. The van der Waals surface area contributed by atoms with Crippen molar-refractivity contribution in [2.45, 2.75) is 33.6 Å². The summed E-state index contributed by atoms with van der Waals surface area (Å²) < 4.78 is 0. The molecule has 0 atom stereocenters. The average Bonchev–Trinajstić information content (AvgIpc) is 2.23. The number of guanidine groups is 1. The van der Waals surface area contributed by atoms with Crippen LogP contribution in [0.25, 0.3) is 0 Å². The molecule has 5 nitrogen and oxygen atoms in total. The molecule has 0 radical (unpaired) electrons. The van der Waals surface area contributed by atoms with E-state index >= 15 is 0 Å². The highest BCUT2D eigenvalue weighted by atomic mass is 16.4. The summed E-state index contributed by atoms with van der Waals surface area (Å²) >= 11 is 0. The summed E-state index contributed by atoms with van der Waals surface area (Å²) in [7, 11) is 0. The second-order valence-electron chi connectivity index (χ2n) is 3.71. The number of hydrogen-bond acceptors (Lipinski definition) is 3. The van der Waals surface area contributed by atoms with Gasteiger partial charge in [0, 0.05) is 6.21 Å². The Balaban J connectivity index is 3.91. The van der Waals surface area contributed by atoms with Crippen molar-refractivity contribution in [1.82, 2.24) is 5.43 Å². The van der Waals surface area contributed by atoms with Crippen LogP contribution in [0.4, 0.5) is 0 Å². The van der Waals surface area contributed by atoms with Crippen LogP contribution in [0.1, 0.15) is 33.6 Å². The van der Waals surface area contributed by atoms with E-state index in [1.54, 1.807) is 6.21 Å². The standard InChI is InChI=1S/C11H20N4O/c1-9(2)5-4-6-10(3)7-8-13-14-11(12)15-16/h5,7-8,16H,4,6H2,1-3H3,(H3,12,14,15)/b10-7+,13-8+. The van der Waals surface area contributed by atoms with E-state index in [2.05, 4.69) is 35.6 Å². The molecule has 0 spiro atoms.